The van der Waals surface area contributed by atoms with Crippen LogP contribution in [0.25, 0.3) is 10.3 Å². The van der Waals surface area contributed by atoms with Gasteiger partial charge >= 0.3 is 0 Å². The fourth-order valence-electron chi connectivity index (χ4n) is 3.43. The molecule has 2 aromatic heterocycles. The van der Waals surface area contributed by atoms with Gasteiger partial charge in [0.15, 0.2) is 10.8 Å². The Morgan fingerprint density at radius 1 is 1.28 bits per heavy atom. The molecule has 1 fully saturated rings. The SMILES string of the molecule is Cc1ccc(NC(=O)CSc2ncnc3nc(N4CCC(C)CC4)sc23)c(C)c1. The number of hydrogen-bond donors (Lipinski definition) is 1. The van der Waals surface area contributed by atoms with E-state index in [4.69, 9.17) is 4.98 Å². The number of thioether (sulfide) groups is 1. The van der Waals surface area contributed by atoms with Crippen LogP contribution in [0, 0.1) is 19.8 Å². The van der Waals surface area contributed by atoms with Crippen molar-refractivity contribution in [1.29, 1.82) is 0 Å². The summed E-state index contributed by atoms with van der Waals surface area (Å²) in [4.78, 5) is 28.2. The van der Waals surface area contributed by atoms with Crippen LogP contribution in [0.4, 0.5) is 10.8 Å². The number of fused-ring (bicyclic) bond motifs is 1. The average molecular weight is 428 g/mol. The summed E-state index contributed by atoms with van der Waals surface area (Å²) in [6.45, 7) is 8.43. The molecule has 29 heavy (non-hydrogen) atoms. The summed E-state index contributed by atoms with van der Waals surface area (Å²) < 4.78 is 0.963. The van der Waals surface area contributed by atoms with E-state index in [1.165, 1.54) is 36.5 Å². The van der Waals surface area contributed by atoms with E-state index >= 15 is 0 Å². The third-order valence-electron chi connectivity index (χ3n) is 5.20. The quantitative estimate of drug-likeness (QED) is 0.471. The zero-order valence-electron chi connectivity index (χ0n) is 16.9. The van der Waals surface area contributed by atoms with Crippen LogP contribution in [0.5, 0.6) is 0 Å². The molecule has 0 bridgehead atoms. The number of hydrogen-bond acceptors (Lipinski definition) is 7. The van der Waals surface area contributed by atoms with Crippen molar-refractivity contribution in [2.45, 2.75) is 38.6 Å². The summed E-state index contributed by atoms with van der Waals surface area (Å²) in [5.41, 5.74) is 3.82. The first kappa shape index (κ1) is 20.1. The van der Waals surface area contributed by atoms with Gasteiger partial charge in [-0.1, -0.05) is 47.7 Å². The molecule has 1 aliphatic heterocycles. The zero-order chi connectivity index (χ0) is 20.4. The van der Waals surface area contributed by atoms with Crippen LogP contribution in [0.2, 0.25) is 0 Å². The Morgan fingerprint density at radius 2 is 2.07 bits per heavy atom. The fourth-order valence-corrected chi connectivity index (χ4v) is 5.38. The number of aromatic nitrogens is 3. The Morgan fingerprint density at radius 3 is 2.83 bits per heavy atom. The summed E-state index contributed by atoms with van der Waals surface area (Å²) in [7, 11) is 0. The summed E-state index contributed by atoms with van der Waals surface area (Å²) in [5, 5.41) is 4.82. The van der Waals surface area contributed by atoms with Crippen LogP contribution in [0.15, 0.2) is 29.6 Å². The second kappa shape index (κ2) is 8.67. The van der Waals surface area contributed by atoms with E-state index in [0.29, 0.717) is 5.75 Å². The molecule has 0 spiro atoms. The van der Waals surface area contributed by atoms with E-state index in [2.05, 4.69) is 33.2 Å². The molecule has 152 valence electrons. The predicted octanol–water partition coefficient (Wildman–Crippen LogP) is 4.67. The molecular weight excluding hydrogens is 402 g/mol. The number of nitrogens with one attached hydrogen (secondary N) is 1. The van der Waals surface area contributed by atoms with Gasteiger partial charge in [-0.05, 0) is 44.2 Å². The van der Waals surface area contributed by atoms with Gasteiger partial charge in [0.1, 0.15) is 16.1 Å². The summed E-state index contributed by atoms with van der Waals surface area (Å²) >= 11 is 3.06. The minimum absolute atomic E-state index is 0.0385. The van der Waals surface area contributed by atoms with E-state index in [0.717, 1.165) is 50.8 Å². The third-order valence-corrected chi connectivity index (χ3v) is 7.43. The molecule has 8 heteroatoms. The number of nitrogens with zero attached hydrogens (tertiary/aromatic N) is 4. The number of anilines is 2. The van der Waals surface area contributed by atoms with Crippen molar-refractivity contribution in [3.63, 3.8) is 0 Å². The van der Waals surface area contributed by atoms with Gasteiger partial charge in [0, 0.05) is 18.8 Å². The third kappa shape index (κ3) is 4.70. The highest BCUT2D eigenvalue weighted by Crippen LogP contribution is 2.35. The van der Waals surface area contributed by atoms with Crippen LogP contribution in [-0.2, 0) is 4.79 Å². The Bertz CT molecular complexity index is 1030. The van der Waals surface area contributed by atoms with Crippen molar-refractivity contribution in [1.82, 2.24) is 15.0 Å². The summed E-state index contributed by atoms with van der Waals surface area (Å²) in [6.07, 6.45) is 3.93. The van der Waals surface area contributed by atoms with Crippen LogP contribution in [0.1, 0.15) is 30.9 Å². The Hall–Kier alpha value is -2.19. The molecular formula is C21H25N5OS2. The van der Waals surface area contributed by atoms with Crippen LogP contribution < -0.4 is 10.2 Å². The second-order valence-electron chi connectivity index (χ2n) is 7.65. The van der Waals surface area contributed by atoms with E-state index in [1.807, 2.05) is 26.0 Å². The highest BCUT2D eigenvalue weighted by molar-refractivity contribution is 8.00. The number of benzene rings is 1. The van der Waals surface area contributed by atoms with Gasteiger partial charge in [-0.15, -0.1) is 0 Å². The number of carbonyl (C=O) groups is 1. The van der Waals surface area contributed by atoms with Gasteiger partial charge in [-0.2, -0.15) is 4.98 Å². The lowest BCUT2D eigenvalue weighted by Gasteiger charge is -2.29. The van der Waals surface area contributed by atoms with Crippen molar-refractivity contribution in [2.24, 2.45) is 5.92 Å². The molecule has 0 radical (unpaired) electrons. The first-order valence-corrected chi connectivity index (χ1v) is 11.7. The molecule has 4 rings (SSSR count). The number of rotatable bonds is 5. The molecule has 6 nitrogen and oxygen atoms in total. The monoisotopic (exact) mass is 427 g/mol. The maximum Gasteiger partial charge on any atom is 0.234 e. The first-order chi connectivity index (χ1) is 14.0. The van der Waals surface area contributed by atoms with Crippen molar-refractivity contribution in [3.8, 4) is 0 Å². The van der Waals surface area contributed by atoms with E-state index in [1.54, 1.807) is 11.3 Å². The minimum atomic E-state index is -0.0385. The highest BCUT2D eigenvalue weighted by Gasteiger charge is 2.21. The van der Waals surface area contributed by atoms with Gasteiger partial charge < -0.3 is 10.2 Å². The Labute approximate surface area is 179 Å². The molecule has 3 heterocycles. The molecule has 1 aliphatic rings. The second-order valence-corrected chi connectivity index (χ2v) is 9.59. The standard InChI is InChI=1S/C21H25N5OS2/c1-13-6-8-26(9-7-13)21-25-19-18(29-21)20(23-12-22-19)28-11-17(27)24-16-5-4-14(2)10-15(16)3/h4-5,10,12-13H,6-9,11H2,1-3H3,(H,24,27). The van der Waals surface area contributed by atoms with Gasteiger partial charge in [-0.25, -0.2) is 9.97 Å². The minimum Gasteiger partial charge on any atom is -0.348 e. The largest absolute Gasteiger partial charge is 0.348 e. The average Bonchev–Trinajstić information content (AvgIpc) is 3.14. The number of carbonyl (C=O) groups excluding carboxylic acids is 1. The van der Waals surface area contributed by atoms with Gasteiger partial charge in [0.2, 0.25) is 5.91 Å². The first-order valence-electron chi connectivity index (χ1n) is 9.86. The summed E-state index contributed by atoms with van der Waals surface area (Å²) in [5.74, 6) is 1.04. The normalized spacial score (nSPS) is 15.1. The van der Waals surface area contributed by atoms with Crippen molar-refractivity contribution in [2.75, 3.05) is 29.1 Å². The van der Waals surface area contributed by atoms with E-state index < -0.39 is 0 Å². The Balaban J connectivity index is 1.44. The lowest BCUT2D eigenvalue weighted by molar-refractivity contribution is -0.113. The smallest absolute Gasteiger partial charge is 0.234 e. The number of piperidine rings is 1. The molecule has 1 N–H and O–H groups in total. The lowest BCUT2D eigenvalue weighted by atomic mass is 10.00. The predicted molar refractivity (Wildman–Crippen MR) is 121 cm³/mol. The molecule has 0 unspecified atom stereocenters. The number of amides is 1. The van der Waals surface area contributed by atoms with Crippen LogP contribution in [0.3, 0.4) is 0 Å². The van der Waals surface area contributed by atoms with Crippen molar-refractivity contribution in [3.05, 3.63) is 35.7 Å². The van der Waals surface area contributed by atoms with Gasteiger partial charge in [0.25, 0.3) is 0 Å². The molecule has 3 aromatic rings. The maximum atomic E-state index is 12.4. The molecule has 0 saturated carbocycles. The summed E-state index contributed by atoms with van der Waals surface area (Å²) in [6, 6.07) is 6.02. The van der Waals surface area contributed by atoms with Crippen molar-refractivity contribution < 1.29 is 4.79 Å². The molecule has 0 atom stereocenters. The lowest BCUT2D eigenvalue weighted by Crippen LogP contribution is -2.32. The maximum absolute atomic E-state index is 12.4. The zero-order valence-corrected chi connectivity index (χ0v) is 18.6. The molecule has 1 aromatic carbocycles. The van der Waals surface area contributed by atoms with Crippen LogP contribution >= 0.6 is 23.1 Å². The highest BCUT2D eigenvalue weighted by atomic mass is 32.2. The molecule has 0 aliphatic carbocycles. The van der Waals surface area contributed by atoms with Gasteiger partial charge in [0.05, 0.1) is 5.75 Å². The topological polar surface area (TPSA) is 71.0 Å². The molecule has 1 saturated heterocycles. The van der Waals surface area contributed by atoms with E-state index in [9.17, 15) is 4.79 Å². The van der Waals surface area contributed by atoms with Crippen LogP contribution in [-0.4, -0.2) is 39.7 Å². The van der Waals surface area contributed by atoms with E-state index in [-0.39, 0.29) is 5.91 Å². The Kier molecular flexibility index (Phi) is 6.01. The fraction of sp³-hybridized carbons (Fsp3) is 0.429. The van der Waals surface area contributed by atoms with Crippen molar-refractivity contribution >= 4 is 50.2 Å². The number of thiazole rings is 1. The molecule has 1 amide bonds. The van der Waals surface area contributed by atoms with Gasteiger partial charge in [-0.3, -0.25) is 4.79 Å². The number of aryl methyl sites for hydroxylation is 2.